The Kier molecular flexibility index (Phi) is 9.35. The van der Waals surface area contributed by atoms with E-state index >= 15 is 0 Å². The molecule has 1 amide bonds. The van der Waals surface area contributed by atoms with E-state index < -0.39 is 6.09 Å². The van der Waals surface area contributed by atoms with Gasteiger partial charge in [0.15, 0.2) is 0 Å². The second kappa shape index (κ2) is 13.7. The Morgan fingerprint density at radius 3 is 2.30 bits per heavy atom. The Balaban J connectivity index is 1.18. The first kappa shape index (κ1) is 30.0. The summed E-state index contributed by atoms with van der Waals surface area (Å²) in [5.74, 6) is 0.490. The van der Waals surface area contributed by atoms with Crippen LogP contribution in [0.4, 0.5) is 4.79 Å². The van der Waals surface area contributed by atoms with Gasteiger partial charge in [0.1, 0.15) is 5.75 Å². The summed E-state index contributed by atoms with van der Waals surface area (Å²) < 4.78 is 12.5. The molecule has 1 heterocycles. The van der Waals surface area contributed by atoms with E-state index in [1.165, 1.54) is 22.3 Å². The molecule has 2 fully saturated rings. The number of nitrogens with zero attached hydrogens (tertiary/aromatic N) is 2. The number of benzene rings is 4. The fraction of sp³-hybridized carbons (Fsp3) is 0.306. The lowest BCUT2D eigenvalue weighted by atomic mass is 9.85. The smallest absolute Gasteiger partial charge is 0.410 e. The minimum atomic E-state index is -0.440. The van der Waals surface area contributed by atoms with Crippen molar-refractivity contribution in [1.82, 2.24) is 10.3 Å². The van der Waals surface area contributed by atoms with Gasteiger partial charge in [0, 0.05) is 12.5 Å². The molecule has 1 saturated heterocycles. The number of piperidine rings is 1. The SMILES string of the molecule is O=C(Oc1cccc(CON(O)O)c1)N1CC[C@H](c2cccc(-c3ccccc3)c2)C(OCC2(Cc3ccccc3)CC2)C1. The fourth-order valence-electron chi connectivity index (χ4n) is 6.07. The van der Waals surface area contributed by atoms with Crippen molar-refractivity contribution in [2.45, 2.75) is 44.3 Å². The number of carbonyl (C=O) groups is 1. The van der Waals surface area contributed by atoms with Crippen LogP contribution in [-0.4, -0.2) is 52.6 Å². The highest BCUT2D eigenvalue weighted by Crippen LogP contribution is 2.49. The van der Waals surface area contributed by atoms with Crippen LogP contribution in [0.5, 0.6) is 5.75 Å². The third-order valence-corrected chi connectivity index (χ3v) is 8.67. The Morgan fingerprint density at radius 1 is 0.841 bits per heavy atom. The van der Waals surface area contributed by atoms with Gasteiger partial charge in [0.25, 0.3) is 0 Å². The summed E-state index contributed by atoms with van der Waals surface area (Å²) in [4.78, 5) is 19.8. The van der Waals surface area contributed by atoms with Crippen molar-refractivity contribution in [3.8, 4) is 16.9 Å². The normalized spacial score (nSPS) is 19.1. The van der Waals surface area contributed by atoms with Gasteiger partial charge in [-0.15, -0.1) is 0 Å². The molecular formula is C36H38N2O6. The molecule has 0 bridgehead atoms. The number of ether oxygens (including phenoxy) is 2. The van der Waals surface area contributed by atoms with Crippen molar-refractivity contribution in [2.24, 2.45) is 5.41 Å². The zero-order chi connectivity index (χ0) is 30.4. The number of carbonyl (C=O) groups excluding carboxylic acids is 1. The van der Waals surface area contributed by atoms with Crippen LogP contribution in [0.2, 0.25) is 0 Å². The van der Waals surface area contributed by atoms with Gasteiger partial charge in [-0.3, -0.25) is 10.4 Å². The first-order valence-electron chi connectivity index (χ1n) is 15.1. The first-order valence-corrected chi connectivity index (χ1v) is 15.1. The lowest BCUT2D eigenvalue weighted by Crippen LogP contribution is -2.48. The van der Waals surface area contributed by atoms with Gasteiger partial charge in [-0.1, -0.05) is 97.1 Å². The third kappa shape index (κ3) is 7.72. The van der Waals surface area contributed by atoms with Crippen LogP contribution in [0.25, 0.3) is 11.1 Å². The van der Waals surface area contributed by atoms with E-state index in [9.17, 15) is 4.79 Å². The molecule has 1 aliphatic heterocycles. The summed E-state index contributed by atoms with van der Waals surface area (Å²) in [6.45, 7) is 1.53. The predicted octanol–water partition coefficient (Wildman–Crippen LogP) is 7.26. The number of rotatable bonds is 11. The van der Waals surface area contributed by atoms with E-state index in [1.807, 2.05) is 12.1 Å². The van der Waals surface area contributed by atoms with E-state index in [2.05, 4.69) is 77.6 Å². The molecule has 4 aromatic carbocycles. The van der Waals surface area contributed by atoms with Crippen LogP contribution in [0, 0.1) is 5.41 Å². The first-order chi connectivity index (χ1) is 21.5. The predicted molar refractivity (Wildman–Crippen MR) is 165 cm³/mol. The van der Waals surface area contributed by atoms with Gasteiger partial charge in [-0.2, -0.15) is 0 Å². The fourth-order valence-corrected chi connectivity index (χ4v) is 6.07. The second-order valence-electron chi connectivity index (χ2n) is 11.9. The van der Waals surface area contributed by atoms with Crippen LogP contribution < -0.4 is 4.74 Å². The Morgan fingerprint density at radius 2 is 1.55 bits per heavy atom. The van der Waals surface area contributed by atoms with Gasteiger partial charge in [-0.25, -0.2) is 9.63 Å². The van der Waals surface area contributed by atoms with Crippen molar-refractivity contribution in [3.05, 3.63) is 126 Å². The standard InChI is InChI=1S/C36H38N2O6/c39-35(44-32-16-7-11-28(21-32)25-43-38(40)41)37-20-17-33(31-15-8-14-30(22-31)29-12-5-2-6-13-29)34(24-37)42-26-36(18-19-36)23-27-9-3-1-4-10-27/h1-16,21-22,33-34,40-41H,17-20,23-26H2/t33-,34?/m1/s1. The third-order valence-electron chi connectivity index (χ3n) is 8.67. The molecule has 6 rings (SSSR count). The number of hydrogen-bond acceptors (Lipinski definition) is 7. The molecule has 2 N–H and O–H groups in total. The maximum Gasteiger partial charge on any atom is 0.415 e. The van der Waals surface area contributed by atoms with Crippen molar-refractivity contribution in [3.63, 3.8) is 0 Å². The molecule has 8 nitrogen and oxygen atoms in total. The van der Waals surface area contributed by atoms with Gasteiger partial charge in [0.05, 0.1) is 31.3 Å². The Hall–Kier alpha value is -4.05. The molecule has 2 aliphatic rings. The molecular weight excluding hydrogens is 556 g/mol. The molecule has 1 aliphatic carbocycles. The molecule has 1 saturated carbocycles. The maximum absolute atomic E-state index is 13.4. The average Bonchev–Trinajstić information content (AvgIpc) is 3.83. The molecule has 0 aromatic heterocycles. The summed E-state index contributed by atoms with van der Waals surface area (Å²) in [6, 6.07) is 36.4. The zero-order valence-corrected chi connectivity index (χ0v) is 24.6. The van der Waals surface area contributed by atoms with Gasteiger partial charge in [-0.05, 0) is 71.0 Å². The van der Waals surface area contributed by atoms with Crippen LogP contribution in [0.15, 0.2) is 109 Å². The minimum Gasteiger partial charge on any atom is -0.410 e. The number of hydrogen-bond donors (Lipinski definition) is 2. The van der Waals surface area contributed by atoms with Crippen LogP contribution in [0.1, 0.15) is 41.9 Å². The van der Waals surface area contributed by atoms with E-state index in [0.717, 1.165) is 25.7 Å². The summed E-state index contributed by atoms with van der Waals surface area (Å²) in [7, 11) is 0. The maximum atomic E-state index is 13.4. The summed E-state index contributed by atoms with van der Waals surface area (Å²) in [5.41, 5.74) is 5.64. The number of likely N-dealkylation sites (tertiary alicyclic amines) is 1. The summed E-state index contributed by atoms with van der Waals surface area (Å²) in [5, 5.41) is 17.3. The van der Waals surface area contributed by atoms with Crippen LogP contribution in [0.3, 0.4) is 0 Å². The monoisotopic (exact) mass is 594 g/mol. The highest BCUT2D eigenvalue weighted by Gasteiger charge is 2.44. The highest BCUT2D eigenvalue weighted by atomic mass is 17.1. The number of amides is 1. The van der Waals surface area contributed by atoms with Crippen molar-refractivity contribution in [2.75, 3.05) is 19.7 Å². The molecule has 0 radical (unpaired) electrons. The minimum absolute atomic E-state index is 0.0908. The van der Waals surface area contributed by atoms with E-state index in [4.69, 9.17) is 19.9 Å². The van der Waals surface area contributed by atoms with Gasteiger partial charge < -0.3 is 14.4 Å². The van der Waals surface area contributed by atoms with E-state index in [-0.39, 0.29) is 29.4 Å². The second-order valence-corrected chi connectivity index (χ2v) is 11.9. The lowest BCUT2D eigenvalue weighted by molar-refractivity contribution is -0.497. The molecule has 228 valence electrons. The van der Waals surface area contributed by atoms with E-state index in [0.29, 0.717) is 31.0 Å². The highest BCUT2D eigenvalue weighted by molar-refractivity contribution is 5.71. The molecule has 1 unspecified atom stereocenters. The van der Waals surface area contributed by atoms with Crippen molar-refractivity contribution >= 4 is 6.09 Å². The summed E-state index contributed by atoms with van der Waals surface area (Å²) in [6.07, 6.45) is 3.39. The van der Waals surface area contributed by atoms with E-state index in [1.54, 1.807) is 29.2 Å². The largest absolute Gasteiger partial charge is 0.415 e. The molecule has 8 heteroatoms. The van der Waals surface area contributed by atoms with Crippen LogP contribution in [-0.2, 0) is 22.6 Å². The van der Waals surface area contributed by atoms with Gasteiger partial charge in [0.2, 0.25) is 0 Å². The van der Waals surface area contributed by atoms with Crippen molar-refractivity contribution in [1.29, 1.82) is 0 Å². The Labute approximate surface area is 257 Å². The van der Waals surface area contributed by atoms with Crippen molar-refractivity contribution < 1.29 is 29.5 Å². The molecule has 4 aromatic rings. The van der Waals surface area contributed by atoms with Crippen LogP contribution >= 0.6 is 0 Å². The quantitative estimate of drug-likeness (QED) is 0.177. The zero-order valence-electron chi connectivity index (χ0n) is 24.6. The molecule has 0 spiro atoms. The average molecular weight is 595 g/mol. The topological polar surface area (TPSA) is 91.7 Å². The van der Waals surface area contributed by atoms with Gasteiger partial charge >= 0.3 is 6.09 Å². The molecule has 44 heavy (non-hydrogen) atoms. The Bertz CT molecular complexity index is 1530. The summed E-state index contributed by atoms with van der Waals surface area (Å²) >= 11 is 0. The molecule has 2 atom stereocenters. The lowest BCUT2D eigenvalue weighted by Gasteiger charge is -2.39.